The Morgan fingerprint density at radius 1 is 1.05 bits per heavy atom. The molecule has 1 N–H and O–H groups in total. The lowest BCUT2D eigenvalue weighted by Crippen LogP contribution is -2.06. The van der Waals surface area contributed by atoms with Gasteiger partial charge in [0.1, 0.15) is 11.5 Å². The minimum absolute atomic E-state index is 0.602. The summed E-state index contributed by atoms with van der Waals surface area (Å²) in [5.41, 5.74) is 2.09. The molecule has 2 rings (SSSR count). The number of hydrogen-bond acceptors (Lipinski definition) is 2. The Bertz CT molecular complexity index is 584. The van der Waals surface area contributed by atoms with Gasteiger partial charge in [-0.2, -0.15) is 0 Å². The van der Waals surface area contributed by atoms with E-state index >= 15 is 0 Å². The van der Waals surface area contributed by atoms with Gasteiger partial charge in [-0.3, -0.25) is 0 Å². The van der Waals surface area contributed by atoms with Crippen LogP contribution in [0.15, 0.2) is 36.4 Å². The smallest absolute Gasteiger partial charge is 0.146 e. The van der Waals surface area contributed by atoms with Crippen molar-refractivity contribution < 1.29 is 4.74 Å². The molecule has 0 saturated heterocycles. The van der Waals surface area contributed by atoms with E-state index in [1.54, 1.807) is 6.07 Å². The van der Waals surface area contributed by atoms with Gasteiger partial charge in [-0.25, -0.2) is 0 Å². The highest BCUT2D eigenvalue weighted by atomic mass is 35.5. The van der Waals surface area contributed by atoms with Crippen molar-refractivity contribution in [3.8, 4) is 11.5 Å². The second kappa shape index (κ2) is 6.29. The molecule has 0 aliphatic rings. The Morgan fingerprint density at radius 2 is 1.79 bits per heavy atom. The van der Waals surface area contributed by atoms with Crippen LogP contribution in [-0.4, -0.2) is 7.05 Å². The van der Waals surface area contributed by atoms with Crippen molar-refractivity contribution in [3.63, 3.8) is 0 Å². The lowest BCUT2D eigenvalue weighted by molar-refractivity contribution is 0.474. The number of aryl methyl sites for hydroxylation is 1. The van der Waals surface area contributed by atoms with Gasteiger partial charge in [0, 0.05) is 17.1 Å². The molecule has 0 aliphatic carbocycles. The number of rotatable bonds is 4. The zero-order valence-corrected chi connectivity index (χ0v) is 12.3. The molecule has 0 bridgehead atoms. The largest absolute Gasteiger partial charge is 0.455 e. The summed E-state index contributed by atoms with van der Waals surface area (Å²) < 4.78 is 5.87. The summed E-state index contributed by atoms with van der Waals surface area (Å²) in [6.07, 6.45) is 0. The van der Waals surface area contributed by atoms with Crippen LogP contribution in [0.4, 0.5) is 0 Å². The molecule has 19 heavy (non-hydrogen) atoms. The third-order valence-corrected chi connectivity index (χ3v) is 3.23. The van der Waals surface area contributed by atoms with Crippen LogP contribution in [-0.2, 0) is 6.54 Å². The zero-order chi connectivity index (χ0) is 13.8. The van der Waals surface area contributed by atoms with E-state index in [4.69, 9.17) is 27.9 Å². The molecule has 2 aromatic carbocycles. The first-order chi connectivity index (χ1) is 9.10. The third kappa shape index (κ3) is 3.63. The summed E-state index contributed by atoms with van der Waals surface area (Å²) in [5, 5.41) is 4.38. The molecule has 2 aromatic rings. The minimum Gasteiger partial charge on any atom is -0.455 e. The van der Waals surface area contributed by atoms with Crippen LogP contribution in [0, 0.1) is 6.92 Å². The van der Waals surface area contributed by atoms with Gasteiger partial charge in [0.15, 0.2) is 0 Å². The Balaban J connectivity index is 2.32. The van der Waals surface area contributed by atoms with E-state index in [1.807, 2.05) is 44.3 Å². The number of ether oxygens (including phenoxy) is 1. The number of halogens is 2. The lowest BCUT2D eigenvalue weighted by Gasteiger charge is -2.12. The highest BCUT2D eigenvalue weighted by molar-refractivity contribution is 6.32. The average Bonchev–Trinajstić information content (AvgIpc) is 2.36. The van der Waals surface area contributed by atoms with Crippen LogP contribution in [0.25, 0.3) is 0 Å². The van der Waals surface area contributed by atoms with Crippen molar-refractivity contribution in [1.82, 2.24) is 5.32 Å². The highest BCUT2D eigenvalue weighted by Crippen LogP contribution is 2.32. The van der Waals surface area contributed by atoms with Crippen molar-refractivity contribution >= 4 is 23.2 Å². The fourth-order valence-electron chi connectivity index (χ4n) is 1.78. The van der Waals surface area contributed by atoms with E-state index in [0.29, 0.717) is 22.3 Å². The molecule has 4 heteroatoms. The normalized spacial score (nSPS) is 10.5. The lowest BCUT2D eigenvalue weighted by atomic mass is 10.2. The van der Waals surface area contributed by atoms with Crippen LogP contribution in [0.1, 0.15) is 11.1 Å². The molecular weight excluding hydrogens is 281 g/mol. The molecule has 0 heterocycles. The number of hydrogen-bond donors (Lipinski definition) is 1. The van der Waals surface area contributed by atoms with Gasteiger partial charge in [0.25, 0.3) is 0 Å². The van der Waals surface area contributed by atoms with Gasteiger partial charge in [-0.05, 0) is 49.9 Å². The Hall–Kier alpha value is -1.22. The summed E-state index contributed by atoms with van der Waals surface area (Å²) in [7, 11) is 1.88. The average molecular weight is 296 g/mol. The van der Waals surface area contributed by atoms with Crippen molar-refractivity contribution in [2.24, 2.45) is 0 Å². The van der Waals surface area contributed by atoms with Gasteiger partial charge in [0.05, 0.1) is 5.02 Å². The molecule has 0 fully saturated rings. The van der Waals surface area contributed by atoms with Crippen molar-refractivity contribution in [3.05, 3.63) is 57.6 Å². The molecule has 0 unspecified atom stereocenters. The SMILES string of the molecule is CNCc1cc(Cl)ccc1Oc1ccc(C)cc1Cl. The van der Waals surface area contributed by atoms with E-state index in [0.717, 1.165) is 16.9 Å². The Morgan fingerprint density at radius 3 is 2.47 bits per heavy atom. The molecule has 0 atom stereocenters. The van der Waals surface area contributed by atoms with Crippen molar-refractivity contribution in [2.75, 3.05) is 7.05 Å². The zero-order valence-electron chi connectivity index (χ0n) is 10.8. The quantitative estimate of drug-likeness (QED) is 0.874. The molecule has 0 spiro atoms. The monoisotopic (exact) mass is 295 g/mol. The summed E-state index contributed by atoms with van der Waals surface area (Å²) >= 11 is 12.2. The predicted octanol–water partition coefficient (Wildman–Crippen LogP) is 4.81. The molecule has 100 valence electrons. The maximum absolute atomic E-state index is 6.17. The first kappa shape index (κ1) is 14.2. The van der Waals surface area contributed by atoms with E-state index in [9.17, 15) is 0 Å². The summed E-state index contributed by atoms with van der Waals surface area (Å²) in [6.45, 7) is 2.67. The first-order valence-corrected chi connectivity index (χ1v) is 6.73. The Labute approximate surface area is 123 Å². The maximum Gasteiger partial charge on any atom is 0.146 e. The van der Waals surface area contributed by atoms with Crippen LogP contribution in [0.5, 0.6) is 11.5 Å². The van der Waals surface area contributed by atoms with Gasteiger partial charge in [-0.1, -0.05) is 29.3 Å². The van der Waals surface area contributed by atoms with Crippen LogP contribution in [0.2, 0.25) is 10.0 Å². The van der Waals surface area contributed by atoms with E-state index in [1.165, 1.54) is 0 Å². The molecule has 0 saturated carbocycles. The second-order valence-electron chi connectivity index (χ2n) is 4.32. The molecule has 0 aromatic heterocycles. The van der Waals surface area contributed by atoms with E-state index < -0.39 is 0 Å². The van der Waals surface area contributed by atoms with Gasteiger partial charge < -0.3 is 10.1 Å². The minimum atomic E-state index is 0.602. The number of benzene rings is 2. The molecule has 2 nitrogen and oxygen atoms in total. The number of nitrogens with one attached hydrogen (secondary N) is 1. The van der Waals surface area contributed by atoms with Crippen LogP contribution < -0.4 is 10.1 Å². The standard InChI is InChI=1S/C15H15Cl2NO/c1-10-3-5-15(13(17)7-10)19-14-6-4-12(16)8-11(14)9-18-2/h3-8,18H,9H2,1-2H3. The summed E-state index contributed by atoms with van der Waals surface area (Å²) in [4.78, 5) is 0. The first-order valence-electron chi connectivity index (χ1n) is 5.97. The maximum atomic E-state index is 6.17. The van der Waals surface area contributed by atoms with Crippen molar-refractivity contribution in [1.29, 1.82) is 0 Å². The molecule has 0 aliphatic heterocycles. The Kier molecular flexibility index (Phi) is 4.70. The fraction of sp³-hybridized carbons (Fsp3) is 0.200. The topological polar surface area (TPSA) is 21.3 Å². The van der Waals surface area contributed by atoms with E-state index in [-0.39, 0.29) is 0 Å². The van der Waals surface area contributed by atoms with Gasteiger partial charge in [-0.15, -0.1) is 0 Å². The molecule has 0 radical (unpaired) electrons. The summed E-state index contributed by atoms with van der Waals surface area (Å²) in [5.74, 6) is 1.40. The molecular formula is C15H15Cl2NO. The molecule has 0 amide bonds. The van der Waals surface area contributed by atoms with Gasteiger partial charge in [0.2, 0.25) is 0 Å². The fourth-order valence-corrected chi connectivity index (χ4v) is 2.25. The van der Waals surface area contributed by atoms with Gasteiger partial charge >= 0.3 is 0 Å². The van der Waals surface area contributed by atoms with Crippen LogP contribution in [0.3, 0.4) is 0 Å². The van der Waals surface area contributed by atoms with Crippen LogP contribution >= 0.6 is 23.2 Å². The second-order valence-corrected chi connectivity index (χ2v) is 5.16. The third-order valence-electron chi connectivity index (χ3n) is 2.70. The predicted molar refractivity (Wildman–Crippen MR) is 80.5 cm³/mol. The van der Waals surface area contributed by atoms with Crippen molar-refractivity contribution in [2.45, 2.75) is 13.5 Å². The summed E-state index contributed by atoms with van der Waals surface area (Å²) in [6, 6.07) is 11.3. The van der Waals surface area contributed by atoms with E-state index in [2.05, 4.69) is 5.32 Å². The highest BCUT2D eigenvalue weighted by Gasteiger charge is 2.08.